The molecule has 0 saturated heterocycles. The smallest absolute Gasteiger partial charge is 0.356 e. The van der Waals surface area contributed by atoms with Crippen molar-refractivity contribution in [2.75, 3.05) is 5.32 Å². The third kappa shape index (κ3) is 2.78. The van der Waals surface area contributed by atoms with Gasteiger partial charge in [0.25, 0.3) is 0 Å². The van der Waals surface area contributed by atoms with Gasteiger partial charge in [-0.05, 0) is 29.8 Å². The highest BCUT2D eigenvalue weighted by Crippen LogP contribution is 2.13. The molecule has 0 saturated carbocycles. The first kappa shape index (κ1) is 11.1. The number of carboxylic acid groups (broad SMARTS) is 1. The summed E-state index contributed by atoms with van der Waals surface area (Å²) in [5.41, 5.74) is 1.57. The minimum atomic E-state index is -1.04. The Morgan fingerprint density at radius 2 is 2.00 bits per heavy atom. The Labute approximate surface area is 98.2 Å². The summed E-state index contributed by atoms with van der Waals surface area (Å²) in [5.74, 6) is -1.04. The minimum absolute atomic E-state index is 0.0292. The fraction of sp³-hybridized carbons (Fsp3) is 0.0833. The number of carboxylic acids is 1. The largest absolute Gasteiger partial charge is 0.476 e. The molecule has 0 aliphatic carbocycles. The molecular weight excluding hydrogens is 218 g/mol. The number of nitrogens with one attached hydrogen (secondary N) is 1. The van der Waals surface area contributed by atoms with Crippen molar-refractivity contribution in [2.24, 2.45) is 0 Å². The molecule has 2 aromatic rings. The number of pyridine rings is 2. The third-order valence-corrected chi connectivity index (χ3v) is 2.24. The summed E-state index contributed by atoms with van der Waals surface area (Å²) < 4.78 is 0. The van der Waals surface area contributed by atoms with Gasteiger partial charge in [-0.2, -0.15) is 0 Å². The predicted molar refractivity (Wildman–Crippen MR) is 62.8 cm³/mol. The van der Waals surface area contributed by atoms with Crippen LogP contribution >= 0.6 is 0 Å². The third-order valence-electron chi connectivity index (χ3n) is 2.24. The summed E-state index contributed by atoms with van der Waals surface area (Å²) in [7, 11) is 0. The van der Waals surface area contributed by atoms with Crippen LogP contribution in [0.1, 0.15) is 16.1 Å². The quantitative estimate of drug-likeness (QED) is 0.835. The Balaban J connectivity index is 2.12. The van der Waals surface area contributed by atoms with E-state index in [-0.39, 0.29) is 5.69 Å². The molecule has 0 spiro atoms. The predicted octanol–water partition coefficient (Wildman–Crippen LogP) is 1.79. The SMILES string of the molecule is O=C(O)c1ncccc1NCc1ccncc1. The molecule has 5 heteroatoms. The average Bonchev–Trinajstić information content (AvgIpc) is 2.38. The van der Waals surface area contributed by atoms with Crippen molar-refractivity contribution in [1.82, 2.24) is 9.97 Å². The van der Waals surface area contributed by atoms with E-state index in [1.165, 1.54) is 6.20 Å². The first-order valence-corrected chi connectivity index (χ1v) is 5.08. The Kier molecular flexibility index (Phi) is 3.30. The monoisotopic (exact) mass is 229 g/mol. The minimum Gasteiger partial charge on any atom is -0.476 e. The van der Waals surface area contributed by atoms with Gasteiger partial charge in [0.15, 0.2) is 5.69 Å². The number of rotatable bonds is 4. The number of hydrogen-bond acceptors (Lipinski definition) is 4. The standard InChI is InChI=1S/C12H11N3O2/c16-12(17)11-10(2-1-5-14-11)15-8-9-3-6-13-7-4-9/h1-7,15H,8H2,(H,16,17). The molecule has 2 rings (SSSR count). The normalized spacial score (nSPS) is 9.88. The molecule has 17 heavy (non-hydrogen) atoms. The fourth-order valence-corrected chi connectivity index (χ4v) is 1.42. The van der Waals surface area contributed by atoms with Gasteiger partial charge in [0.2, 0.25) is 0 Å². The van der Waals surface area contributed by atoms with Gasteiger partial charge >= 0.3 is 5.97 Å². The van der Waals surface area contributed by atoms with Crippen LogP contribution in [0.25, 0.3) is 0 Å². The lowest BCUT2D eigenvalue weighted by Gasteiger charge is -2.08. The van der Waals surface area contributed by atoms with Gasteiger partial charge in [0, 0.05) is 25.1 Å². The zero-order chi connectivity index (χ0) is 12.1. The molecule has 0 aromatic carbocycles. The van der Waals surface area contributed by atoms with Crippen LogP contribution in [0.2, 0.25) is 0 Å². The number of nitrogens with zero attached hydrogens (tertiary/aromatic N) is 2. The lowest BCUT2D eigenvalue weighted by molar-refractivity contribution is 0.0691. The van der Waals surface area contributed by atoms with Crippen molar-refractivity contribution in [2.45, 2.75) is 6.54 Å². The Morgan fingerprint density at radius 3 is 2.71 bits per heavy atom. The average molecular weight is 229 g/mol. The molecule has 5 nitrogen and oxygen atoms in total. The lowest BCUT2D eigenvalue weighted by atomic mass is 10.2. The maximum atomic E-state index is 10.9. The highest BCUT2D eigenvalue weighted by atomic mass is 16.4. The summed E-state index contributed by atoms with van der Waals surface area (Å²) in [5, 5.41) is 12.0. The van der Waals surface area contributed by atoms with Crippen LogP contribution in [0.4, 0.5) is 5.69 Å². The van der Waals surface area contributed by atoms with Crippen molar-refractivity contribution in [3.05, 3.63) is 54.1 Å². The molecule has 2 aromatic heterocycles. The van der Waals surface area contributed by atoms with Crippen molar-refractivity contribution in [3.8, 4) is 0 Å². The van der Waals surface area contributed by atoms with Crippen LogP contribution < -0.4 is 5.32 Å². The van der Waals surface area contributed by atoms with Crippen molar-refractivity contribution in [1.29, 1.82) is 0 Å². The molecule has 2 N–H and O–H groups in total. The van der Waals surface area contributed by atoms with Crippen LogP contribution in [0, 0.1) is 0 Å². The van der Waals surface area contributed by atoms with Crippen LogP contribution in [0.15, 0.2) is 42.9 Å². The second-order valence-electron chi connectivity index (χ2n) is 3.41. The van der Waals surface area contributed by atoms with Crippen LogP contribution in [0.5, 0.6) is 0 Å². The van der Waals surface area contributed by atoms with Gasteiger partial charge in [-0.1, -0.05) is 0 Å². The van der Waals surface area contributed by atoms with Crippen molar-refractivity contribution >= 4 is 11.7 Å². The Morgan fingerprint density at radius 1 is 1.24 bits per heavy atom. The van der Waals surface area contributed by atoms with Crippen molar-refractivity contribution in [3.63, 3.8) is 0 Å². The van der Waals surface area contributed by atoms with Gasteiger partial charge in [-0.15, -0.1) is 0 Å². The molecule has 0 atom stereocenters. The Hall–Kier alpha value is -2.43. The highest BCUT2D eigenvalue weighted by Gasteiger charge is 2.09. The lowest BCUT2D eigenvalue weighted by Crippen LogP contribution is -2.08. The number of aromatic carboxylic acids is 1. The molecule has 0 radical (unpaired) electrons. The molecule has 0 amide bonds. The maximum Gasteiger partial charge on any atom is 0.356 e. The van der Waals surface area contributed by atoms with E-state index in [0.717, 1.165) is 5.56 Å². The Bertz CT molecular complexity index is 514. The molecule has 0 unspecified atom stereocenters. The van der Waals surface area contributed by atoms with E-state index in [1.807, 2.05) is 12.1 Å². The number of hydrogen-bond donors (Lipinski definition) is 2. The first-order valence-electron chi connectivity index (χ1n) is 5.08. The summed E-state index contributed by atoms with van der Waals surface area (Å²) >= 11 is 0. The van der Waals surface area contributed by atoms with Crippen LogP contribution in [0.3, 0.4) is 0 Å². The molecule has 0 bridgehead atoms. The number of carbonyl (C=O) groups is 1. The topological polar surface area (TPSA) is 75.1 Å². The van der Waals surface area contributed by atoms with Crippen LogP contribution in [-0.4, -0.2) is 21.0 Å². The van der Waals surface area contributed by atoms with Crippen LogP contribution in [-0.2, 0) is 6.54 Å². The molecule has 0 fully saturated rings. The van der Waals surface area contributed by atoms with E-state index in [4.69, 9.17) is 5.11 Å². The summed E-state index contributed by atoms with van der Waals surface area (Å²) in [6.45, 7) is 0.536. The molecule has 0 aliphatic rings. The fourth-order valence-electron chi connectivity index (χ4n) is 1.42. The van der Waals surface area contributed by atoms with E-state index in [9.17, 15) is 4.79 Å². The van der Waals surface area contributed by atoms with Gasteiger partial charge in [-0.25, -0.2) is 9.78 Å². The molecule has 86 valence electrons. The number of anilines is 1. The first-order chi connectivity index (χ1) is 8.27. The van der Waals surface area contributed by atoms with Gasteiger partial charge in [-0.3, -0.25) is 4.98 Å². The zero-order valence-electron chi connectivity index (χ0n) is 9.00. The highest BCUT2D eigenvalue weighted by molar-refractivity contribution is 5.91. The van der Waals surface area contributed by atoms with E-state index in [2.05, 4.69) is 15.3 Å². The summed E-state index contributed by atoms with van der Waals surface area (Å²) in [4.78, 5) is 18.6. The van der Waals surface area contributed by atoms with Gasteiger partial charge < -0.3 is 10.4 Å². The van der Waals surface area contributed by atoms with E-state index >= 15 is 0 Å². The molecule has 2 heterocycles. The maximum absolute atomic E-state index is 10.9. The zero-order valence-corrected chi connectivity index (χ0v) is 9.00. The second kappa shape index (κ2) is 5.07. The van der Waals surface area contributed by atoms with E-state index in [1.54, 1.807) is 24.5 Å². The van der Waals surface area contributed by atoms with Crippen molar-refractivity contribution < 1.29 is 9.90 Å². The van der Waals surface area contributed by atoms with E-state index in [0.29, 0.717) is 12.2 Å². The molecular formula is C12H11N3O2. The summed E-state index contributed by atoms with van der Waals surface area (Å²) in [6, 6.07) is 7.12. The molecule has 0 aliphatic heterocycles. The van der Waals surface area contributed by atoms with Gasteiger partial charge in [0.05, 0.1) is 5.69 Å². The van der Waals surface area contributed by atoms with E-state index < -0.39 is 5.97 Å². The second-order valence-corrected chi connectivity index (χ2v) is 3.41. The van der Waals surface area contributed by atoms with Gasteiger partial charge in [0.1, 0.15) is 0 Å². The summed E-state index contributed by atoms with van der Waals surface area (Å²) in [6.07, 6.45) is 4.85. The number of aromatic nitrogens is 2.